The second kappa shape index (κ2) is 24.7. The van der Waals surface area contributed by atoms with Crippen LogP contribution in [0.1, 0.15) is 145 Å². The number of nitrogens with two attached hydrogens (primary N) is 1. The normalized spacial score (nSPS) is 11.0. The molecule has 334 valence electrons. The molecular formula is C53H61N5O6. The second-order valence-electron chi connectivity index (χ2n) is 16.0. The summed E-state index contributed by atoms with van der Waals surface area (Å²) in [5.74, 6) is -1.35. The quantitative estimate of drug-likeness (QED) is 0.0180. The smallest absolute Gasteiger partial charge is 0.335 e. The standard InChI is InChI=1S/C53H61N5O6/c1-5-39-28-37(29-40(6-2)50(39)55)27-38-30-41(7-3)51(42(8-4)31-38)56-52(60)43-32-44(53(61)62)34-48(33-43)64-49(59)17-15-13-11-9-10-12-14-16-26-63-47-24-22-46(23-25-47)58-57-45-20-18-36(35-54)19-21-45/h18-25,28-34H,5-17,26-27,55H2,1-4H3,(H,56,60)(H,61,62). The summed E-state index contributed by atoms with van der Waals surface area (Å²) in [7, 11) is 0. The summed E-state index contributed by atoms with van der Waals surface area (Å²) >= 11 is 0. The van der Waals surface area contributed by atoms with Gasteiger partial charge in [0.25, 0.3) is 5.91 Å². The van der Waals surface area contributed by atoms with Crippen LogP contribution in [0.25, 0.3) is 0 Å². The van der Waals surface area contributed by atoms with Gasteiger partial charge in [0.2, 0.25) is 0 Å². The maximum Gasteiger partial charge on any atom is 0.335 e. The van der Waals surface area contributed by atoms with Gasteiger partial charge in [0.05, 0.1) is 35.2 Å². The number of nitrogen functional groups attached to an aromatic ring is 1. The molecule has 0 bridgehead atoms. The lowest BCUT2D eigenvalue weighted by molar-refractivity contribution is -0.134. The maximum atomic E-state index is 13.7. The average Bonchev–Trinajstić information content (AvgIpc) is 3.31. The number of nitriles is 1. The third-order valence-electron chi connectivity index (χ3n) is 11.2. The van der Waals surface area contributed by atoms with Gasteiger partial charge in [0.1, 0.15) is 11.5 Å². The third kappa shape index (κ3) is 14.4. The zero-order valence-electron chi connectivity index (χ0n) is 37.7. The second-order valence-corrected chi connectivity index (χ2v) is 16.0. The van der Waals surface area contributed by atoms with Crippen LogP contribution in [0.5, 0.6) is 11.5 Å². The van der Waals surface area contributed by atoms with Gasteiger partial charge in [-0.25, -0.2) is 4.79 Å². The molecule has 0 radical (unpaired) electrons. The Morgan fingerprint density at radius 2 is 1.14 bits per heavy atom. The van der Waals surface area contributed by atoms with Crippen molar-refractivity contribution in [3.8, 4) is 17.6 Å². The van der Waals surface area contributed by atoms with Crippen LogP contribution in [0.15, 0.2) is 101 Å². The number of carbonyl (C=O) groups excluding carboxylic acids is 2. The van der Waals surface area contributed by atoms with Crippen molar-refractivity contribution >= 4 is 40.6 Å². The van der Waals surface area contributed by atoms with E-state index in [1.807, 2.05) is 38.1 Å². The molecule has 5 aromatic rings. The number of nitrogens with zero attached hydrogens (tertiary/aromatic N) is 3. The van der Waals surface area contributed by atoms with E-state index in [1.165, 1.54) is 23.8 Å². The van der Waals surface area contributed by atoms with Crippen LogP contribution in [0, 0.1) is 11.3 Å². The summed E-state index contributed by atoms with van der Waals surface area (Å²) in [6.45, 7) is 8.95. The van der Waals surface area contributed by atoms with E-state index in [0.29, 0.717) is 48.5 Å². The summed E-state index contributed by atoms with van der Waals surface area (Å²) in [5, 5.41) is 30.3. The van der Waals surface area contributed by atoms with Crippen molar-refractivity contribution < 1.29 is 29.0 Å². The van der Waals surface area contributed by atoms with Crippen molar-refractivity contribution in [3.05, 3.63) is 141 Å². The van der Waals surface area contributed by atoms with Crippen LogP contribution in [-0.2, 0) is 36.9 Å². The Kier molecular flexibility index (Phi) is 18.6. The lowest BCUT2D eigenvalue weighted by Crippen LogP contribution is -2.17. The summed E-state index contributed by atoms with van der Waals surface area (Å²) in [6, 6.07) is 29.1. The van der Waals surface area contributed by atoms with Crippen molar-refractivity contribution in [2.24, 2.45) is 10.2 Å². The van der Waals surface area contributed by atoms with Crippen molar-refractivity contribution in [1.29, 1.82) is 5.26 Å². The first-order valence-electron chi connectivity index (χ1n) is 22.6. The van der Waals surface area contributed by atoms with Crippen LogP contribution in [-0.4, -0.2) is 29.6 Å². The fourth-order valence-electron chi connectivity index (χ4n) is 7.66. The van der Waals surface area contributed by atoms with Crippen molar-refractivity contribution in [2.45, 2.75) is 118 Å². The van der Waals surface area contributed by atoms with E-state index < -0.39 is 17.8 Å². The number of aryl methyl sites for hydroxylation is 4. The molecule has 11 nitrogen and oxygen atoms in total. The highest BCUT2D eigenvalue weighted by atomic mass is 16.5. The summed E-state index contributed by atoms with van der Waals surface area (Å²) in [5.41, 5.74) is 16.5. The number of hydrogen-bond acceptors (Lipinski definition) is 9. The SMILES string of the molecule is CCc1cc(Cc2cc(CC)c(NC(=O)c3cc(OC(=O)CCCCCCCCCCOc4ccc(N=Nc5ccc(C#N)cc5)cc4)cc(C(=O)O)c3)c(CC)c2)cc(CC)c1N. The summed E-state index contributed by atoms with van der Waals surface area (Å²) in [4.78, 5) is 38.6. The Labute approximate surface area is 377 Å². The van der Waals surface area contributed by atoms with E-state index in [2.05, 4.69) is 59.7 Å². The van der Waals surface area contributed by atoms with Gasteiger partial charge < -0.3 is 25.6 Å². The molecule has 0 saturated heterocycles. The fourth-order valence-corrected chi connectivity index (χ4v) is 7.66. The topological polar surface area (TPSA) is 176 Å². The number of anilines is 2. The monoisotopic (exact) mass is 863 g/mol. The Bertz CT molecular complexity index is 2390. The van der Waals surface area contributed by atoms with Gasteiger partial charge in [0.15, 0.2) is 0 Å². The number of carboxylic acids is 1. The molecule has 0 aliphatic carbocycles. The van der Waals surface area contributed by atoms with E-state index in [9.17, 15) is 19.5 Å². The molecule has 0 atom stereocenters. The zero-order chi connectivity index (χ0) is 45.8. The van der Waals surface area contributed by atoms with E-state index >= 15 is 0 Å². The molecule has 1 amide bonds. The van der Waals surface area contributed by atoms with Crippen molar-refractivity contribution in [3.63, 3.8) is 0 Å². The Balaban J connectivity index is 1.03. The number of amides is 1. The van der Waals surface area contributed by atoms with Gasteiger partial charge in [0, 0.05) is 23.4 Å². The maximum absolute atomic E-state index is 13.7. The zero-order valence-corrected chi connectivity index (χ0v) is 37.7. The summed E-state index contributed by atoms with van der Waals surface area (Å²) < 4.78 is 11.5. The molecule has 5 rings (SSSR count). The number of nitrogens with one attached hydrogen (secondary N) is 1. The lowest BCUT2D eigenvalue weighted by Gasteiger charge is -2.18. The highest BCUT2D eigenvalue weighted by Gasteiger charge is 2.19. The van der Waals surface area contributed by atoms with Gasteiger partial charge >= 0.3 is 11.9 Å². The van der Waals surface area contributed by atoms with Crippen LogP contribution in [0.3, 0.4) is 0 Å². The van der Waals surface area contributed by atoms with E-state index in [-0.39, 0.29) is 23.3 Å². The molecule has 0 saturated carbocycles. The number of ether oxygens (including phenoxy) is 2. The number of aromatic carboxylic acids is 1. The lowest BCUT2D eigenvalue weighted by atomic mass is 9.92. The minimum absolute atomic E-state index is 0.0294. The van der Waals surface area contributed by atoms with Gasteiger partial charge in [-0.05, 0) is 145 Å². The van der Waals surface area contributed by atoms with Gasteiger partial charge in [-0.15, -0.1) is 0 Å². The van der Waals surface area contributed by atoms with Crippen LogP contribution >= 0.6 is 0 Å². The predicted molar refractivity (Wildman–Crippen MR) is 253 cm³/mol. The Morgan fingerprint density at radius 3 is 1.67 bits per heavy atom. The van der Waals surface area contributed by atoms with Crippen molar-refractivity contribution in [2.75, 3.05) is 17.7 Å². The Hall–Kier alpha value is -6.80. The molecule has 0 heterocycles. The third-order valence-corrected chi connectivity index (χ3v) is 11.2. The highest BCUT2D eigenvalue weighted by Crippen LogP contribution is 2.30. The van der Waals surface area contributed by atoms with E-state index in [4.69, 9.17) is 20.5 Å². The van der Waals surface area contributed by atoms with Crippen LogP contribution in [0.4, 0.5) is 22.7 Å². The fraction of sp³-hybridized carbons (Fsp3) is 0.358. The molecule has 0 aliphatic rings. The van der Waals surface area contributed by atoms with Gasteiger partial charge in [-0.3, -0.25) is 9.59 Å². The largest absolute Gasteiger partial charge is 0.494 e. The molecule has 0 spiro atoms. The van der Waals surface area contributed by atoms with Crippen molar-refractivity contribution in [1.82, 2.24) is 0 Å². The molecule has 5 aromatic carbocycles. The first kappa shape index (κ1) is 48.2. The number of carboxylic acid groups (broad SMARTS) is 1. The number of benzene rings is 5. The van der Waals surface area contributed by atoms with Crippen LogP contribution < -0.4 is 20.5 Å². The summed E-state index contributed by atoms with van der Waals surface area (Å²) in [6.07, 6.45) is 11.8. The van der Waals surface area contributed by atoms with E-state index in [1.54, 1.807) is 24.3 Å². The molecule has 4 N–H and O–H groups in total. The highest BCUT2D eigenvalue weighted by molar-refractivity contribution is 6.07. The molecule has 11 heteroatoms. The average molecular weight is 864 g/mol. The molecule has 0 aliphatic heterocycles. The van der Waals surface area contributed by atoms with Crippen LogP contribution in [0.2, 0.25) is 0 Å². The Morgan fingerprint density at radius 1 is 0.641 bits per heavy atom. The molecule has 0 unspecified atom stereocenters. The molecular weight excluding hydrogens is 803 g/mol. The van der Waals surface area contributed by atoms with Gasteiger partial charge in [-0.2, -0.15) is 15.5 Å². The van der Waals surface area contributed by atoms with E-state index in [0.717, 1.165) is 103 Å². The number of hydrogen-bond donors (Lipinski definition) is 3. The first-order chi connectivity index (χ1) is 31.0. The molecule has 0 fully saturated rings. The number of esters is 1. The number of rotatable bonds is 24. The number of carbonyl (C=O) groups is 3. The first-order valence-corrected chi connectivity index (χ1v) is 22.6. The number of azo groups is 1. The molecule has 0 aromatic heterocycles. The minimum Gasteiger partial charge on any atom is -0.494 e. The minimum atomic E-state index is -1.22. The number of unbranched alkanes of at least 4 members (excludes halogenated alkanes) is 7. The van der Waals surface area contributed by atoms with Gasteiger partial charge in [-0.1, -0.05) is 90.5 Å². The predicted octanol–water partition coefficient (Wildman–Crippen LogP) is 12.8. The molecule has 64 heavy (non-hydrogen) atoms.